The molecular formula is C55H74IN3O21S4. The Balaban J connectivity index is 1.12. The quantitative estimate of drug-likeness (QED) is 0.0272. The van der Waals surface area contributed by atoms with E-state index < -0.39 is 127 Å². The highest BCUT2D eigenvalue weighted by molar-refractivity contribution is 14.1. The molecular weight excluding hydrogens is 1290 g/mol. The molecule has 0 unspecified atom stereocenters. The van der Waals surface area contributed by atoms with Gasteiger partial charge in [-0.05, 0) is 90.6 Å². The fraction of sp³-hybridized carbons (Fsp3) is 0.655. The van der Waals surface area contributed by atoms with Gasteiger partial charge in [0, 0.05) is 44.0 Å². The number of hydroxylamine groups is 1. The van der Waals surface area contributed by atoms with Crippen molar-refractivity contribution in [2.75, 3.05) is 60.7 Å². The maximum absolute atomic E-state index is 14.4. The molecule has 4 heterocycles. The van der Waals surface area contributed by atoms with Gasteiger partial charge in [0.05, 0.1) is 97.0 Å². The third-order valence-corrected chi connectivity index (χ3v) is 21.2. The molecule has 24 nitrogen and oxygen atoms in total. The first-order valence-corrected chi connectivity index (χ1v) is 32.9. The number of rotatable bonds is 22. The van der Waals surface area contributed by atoms with Crippen molar-refractivity contribution in [3.05, 3.63) is 49.8 Å². The van der Waals surface area contributed by atoms with Gasteiger partial charge in [-0.25, -0.2) is 4.79 Å². The van der Waals surface area contributed by atoms with E-state index in [0.717, 1.165) is 18.9 Å². The van der Waals surface area contributed by atoms with Gasteiger partial charge in [0.25, 0.3) is 0 Å². The number of benzene rings is 1. The van der Waals surface area contributed by atoms with Crippen LogP contribution in [0.2, 0.25) is 0 Å². The van der Waals surface area contributed by atoms with Gasteiger partial charge in [-0.3, -0.25) is 19.7 Å². The number of ether oxygens (including phenoxy) is 12. The van der Waals surface area contributed by atoms with E-state index in [9.17, 15) is 39.9 Å². The molecule has 8 N–H and O–H groups in total. The summed E-state index contributed by atoms with van der Waals surface area (Å²) >= 11 is 2.83. The zero-order valence-electron chi connectivity index (χ0n) is 48.1. The largest absolute Gasteiger partial charge is 0.492 e. The number of Topliss-reactive ketones (excluding diaryl/α,β-unsaturated/α-hetero) is 1. The molecule has 2 aliphatic carbocycles. The van der Waals surface area contributed by atoms with Crippen molar-refractivity contribution in [1.29, 1.82) is 0 Å². The number of hydrogen-bond acceptors (Lipinski definition) is 27. The lowest BCUT2D eigenvalue weighted by molar-refractivity contribution is -0.336. The number of ketones is 1. The molecule has 466 valence electrons. The number of alkyl carbamates (subject to hydrolysis) is 1. The Morgan fingerprint density at radius 2 is 1.61 bits per heavy atom. The fourth-order valence-electron chi connectivity index (χ4n) is 10.5. The van der Waals surface area contributed by atoms with Crippen LogP contribution >= 0.6 is 65.8 Å². The standard InChI is InChI=1S/C55H74IN3O21S4/c1-12-57-30-24-73-35(22-34(30)68-6)78-48-43(63)40(26(3)75-53(48)77-33-17-15-13-14-16-19-55(67)23-32(61)41(58-54(66)72-10)38(33)29(55)18-20-82-84-81-11)59-80-36-21-31(60)50(28(5)74-36)83-51(65)37-25(2)39(56)46(49(71-9)45(37)69-7)79-52-44(64)47(70-8)42(62)27(4)76-52/h13-14,18,26-28,30-31,33-36,40,42-44,47-48,50,52-53,57,59-60,62-64,67H,12,20-24H2,1-11H3,(H,58,66)/b14-13+,29-18+/t26-,27+,28-,30+,31-,33+,34+,35+,36+,40-,42+,43+,44-,47-,48-,50-,52+,53+,55-/m1/s1. The number of likely N-dealkylation sites (N-methyl/N-ethyl adjacent to an activating group) is 1. The number of hydrogen-bond donors (Lipinski definition) is 8. The summed E-state index contributed by atoms with van der Waals surface area (Å²) in [5.41, 5.74) is 1.30. The van der Waals surface area contributed by atoms with Crippen molar-refractivity contribution in [1.82, 2.24) is 16.1 Å². The molecule has 6 aliphatic rings. The number of halogens is 1. The Bertz CT molecular complexity index is 2710. The Morgan fingerprint density at radius 3 is 2.27 bits per heavy atom. The molecule has 0 radical (unpaired) electrons. The lowest BCUT2D eigenvalue weighted by Crippen LogP contribution is -2.65. The first-order chi connectivity index (χ1) is 40.2. The highest BCUT2D eigenvalue weighted by atomic mass is 127. The van der Waals surface area contributed by atoms with E-state index in [-0.39, 0.29) is 71.2 Å². The van der Waals surface area contributed by atoms with Crippen LogP contribution in [0.4, 0.5) is 4.79 Å². The predicted octanol–water partition coefficient (Wildman–Crippen LogP) is 3.20. The molecule has 0 aromatic heterocycles. The summed E-state index contributed by atoms with van der Waals surface area (Å²) in [6, 6.07) is -1.27. The van der Waals surface area contributed by atoms with Crippen molar-refractivity contribution in [2.45, 2.75) is 169 Å². The summed E-state index contributed by atoms with van der Waals surface area (Å²) in [7, 11) is 11.3. The number of thioether (sulfide) groups is 1. The maximum Gasteiger partial charge on any atom is 0.411 e. The molecule has 19 atom stereocenters. The molecule has 4 saturated heterocycles. The number of carbonyl (C=O) groups excluding carboxylic acids is 3. The summed E-state index contributed by atoms with van der Waals surface area (Å²) in [6.45, 7) is 9.41. The minimum Gasteiger partial charge on any atom is -0.492 e. The van der Waals surface area contributed by atoms with Crippen LogP contribution in [0.1, 0.15) is 62.9 Å². The van der Waals surface area contributed by atoms with E-state index in [1.54, 1.807) is 40.9 Å². The van der Waals surface area contributed by atoms with Gasteiger partial charge >= 0.3 is 6.09 Å². The zero-order valence-corrected chi connectivity index (χ0v) is 53.6. The Morgan fingerprint density at radius 1 is 0.881 bits per heavy atom. The normalized spacial score (nSPS) is 35.9. The molecule has 4 fully saturated rings. The number of aliphatic hydroxyl groups excluding tert-OH is 4. The van der Waals surface area contributed by atoms with E-state index in [1.165, 1.54) is 64.9 Å². The van der Waals surface area contributed by atoms with Gasteiger partial charge in [-0.2, -0.15) is 5.48 Å². The smallest absolute Gasteiger partial charge is 0.411 e. The average Bonchev–Trinajstić information content (AvgIpc) is 1.36. The first-order valence-electron chi connectivity index (χ1n) is 26.9. The molecule has 1 aromatic rings. The van der Waals surface area contributed by atoms with Crippen molar-refractivity contribution in [3.8, 4) is 40.9 Å². The van der Waals surface area contributed by atoms with Gasteiger partial charge < -0.3 is 87.7 Å². The Labute approximate surface area is 517 Å². The van der Waals surface area contributed by atoms with Gasteiger partial charge in [0.1, 0.15) is 36.6 Å². The third-order valence-electron chi connectivity index (χ3n) is 14.8. The van der Waals surface area contributed by atoms with E-state index in [4.69, 9.17) is 61.7 Å². The van der Waals surface area contributed by atoms with Gasteiger partial charge in [0.15, 0.2) is 41.8 Å². The topological polar surface area (TPSA) is 308 Å². The van der Waals surface area contributed by atoms with Crippen LogP contribution in [-0.4, -0.2) is 218 Å². The summed E-state index contributed by atoms with van der Waals surface area (Å²) in [5, 5.41) is 62.7. The minimum atomic E-state index is -2.05. The number of amides is 1. The van der Waals surface area contributed by atoms with Gasteiger partial charge in [0.2, 0.25) is 17.2 Å². The SMILES string of the molecule is CCN[C@H]1CO[C@@H](O[C@H]2[C@H](O[C@H]3C#C/C=C/C#C[C@@]4(O)CC(=O)C(NC(=O)OC)=C3/C4=C\CSSSC)O[C@H](C)[C@@H](NO[C@H]3C[C@@H](O)[C@H](SC(=O)c4c(C)c(I)c(O[C@@H]5O[C@@H](C)[C@H](O)[C@@H](OC)[C@H]5O)c(OC)c4OC)[C@@H](C)O3)[C@@H]2O)C[C@@H]1OC. The first kappa shape index (κ1) is 68.5. The van der Waals surface area contributed by atoms with Crippen LogP contribution in [0.15, 0.2) is 35.1 Å². The van der Waals surface area contributed by atoms with Crippen LogP contribution in [0.5, 0.6) is 17.2 Å². The minimum absolute atomic E-state index is 0.0155. The summed E-state index contributed by atoms with van der Waals surface area (Å²) < 4.78 is 72.5. The lowest BCUT2D eigenvalue weighted by atomic mass is 9.75. The third kappa shape index (κ3) is 15.7. The van der Waals surface area contributed by atoms with E-state index in [2.05, 4.69) is 39.8 Å². The number of fused-ring (bicyclic) bond motifs is 2. The number of methoxy groups -OCH3 is 5. The highest BCUT2D eigenvalue weighted by Gasteiger charge is 2.52. The van der Waals surface area contributed by atoms with Crippen LogP contribution < -0.4 is 30.3 Å². The second-order valence-electron chi connectivity index (χ2n) is 20.1. The van der Waals surface area contributed by atoms with Crippen molar-refractivity contribution >= 4 is 82.8 Å². The number of carbonyl (C=O) groups is 3. The van der Waals surface area contributed by atoms with Crippen molar-refractivity contribution in [3.63, 3.8) is 0 Å². The van der Waals surface area contributed by atoms with Gasteiger partial charge in [-0.15, -0.1) is 0 Å². The number of aliphatic hydroxyl groups is 5. The van der Waals surface area contributed by atoms with Crippen LogP contribution in [0.3, 0.4) is 0 Å². The monoisotopic (exact) mass is 1370 g/mol. The second-order valence-corrected chi connectivity index (χ2v) is 26.7. The van der Waals surface area contributed by atoms with Gasteiger partial charge in [-0.1, -0.05) is 70.0 Å². The fourth-order valence-corrected chi connectivity index (χ4v) is 14.7. The molecule has 7 rings (SSSR count). The summed E-state index contributed by atoms with van der Waals surface area (Å²) in [4.78, 5) is 47.5. The van der Waals surface area contributed by atoms with Crippen LogP contribution in [0, 0.1) is 34.2 Å². The van der Waals surface area contributed by atoms with Crippen LogP contribution in [0.25, 0.3) is 0 Å². The van der Waals surface area contributed by atoms with E-state index >= 15 is 0 Å². The Hall–Kier alpha value is -2.94. The lowest BCUT2D eigenvalue weighted by Gasteiger charge is -2.46. The molecule has 1 amide bonds. The molecule has 0 spiro atoms. The Kier molecular flexibility index (Phi) is 25.7. The van der Waals surface area contributed by atoms with Crippen LogP contribution in [-0.2, 0) is 52.3 Å². The maximum atomic E-state index is 14.4. The zero-order chi connectivity index (χ0) is 61.2. The van der Waals surface area contributed by atoms with E-state index in [1.807, 2.05) is 35.8 Å². The molecule has 0 saturated carbocycles. The number of allylic oxidation sites excluding steroid dienone is 3. The molecule has 29 heteroatoms. The molecule has 84 heavy (non-hydrogen) atoms. The average molecular weight is 1370 g/mol. The summed E-state index contributed by atoms with van der Waals surface area (Å²) in [6.07, 6.45) is -11.9. The number of nitrogens with one attached hydrogen (secondary N) is 3. The molecule has 4 aliphatic heterocycles. The van der Waals surface area contributed by atoms with E-state index in [0.29, 0.717) is 21.4 Å². The van der Waals surface area contributed by atoms with Crippen molar-refractivity contribution in [2.24, 2.45) is 0 Å². The highest BCUT2D eigenvalue weighted by Crippen LogP contribution is 2.49. The molecule has 2 bridgehead atoms. The summed E-state index contributed by atoms with van der Waals surface area (Å²) in [5.74, 6) is 11.3. The predicted molar refractivity (Wildman–Crippen MR) is 320 cm³/mol. The molecule has 1 aromatic carbocycles. The van der Waals surface area contributed by atoms with Crippen molar-refractivity contribution < 1.29 is 102 Å². The second kappa shape index (κ2) is 31.5.